The molecule has 1 aliphatic rings. The number of anilines is 3. The number of nitrogens with one attached hydrogen (secondary N) is 1. The first kappa shape index (κ1) is 16.0. The van der Waals surface area contributed by atoms with Crippen molar-refractivity contribution in [3.05, 3.63) is 48.5 Å². The number of rotatable bonds is 4. The summed E-state index contributed by atoms with van der Waals surface area (Å²) in [5.41, 5.74) is 7.78. The third-order valence-electron chi connectivity index (χ3n) is 3.47. The summed E-state index contributed by atoms with van der Waals surface area (Å²) in [6.45, 7) is 1.78. The molecule has 1 heterocycles. The molecule has 8 heteroatoms. The van der Waals surface area contributed by atoms with Gasteiger partial charge in [-0.2, -0.15) is 5.10 Å². The summed E-state index contributed by atoms with van der Waals surface area (Å²) in [4.78, 5) is 11.9. The Bertz CT molecular complexity index is 903. The molecule has 2 aromatic rings. The third kappa shape index (κ3) is 3.23. The van der Waals surface area contributed by atoms with Gasteiger partial charge in [0.15, 0.2) is 0 Å². The fraction of sp³-hybridized carbons (Fsp3) is 0.125. The Kier molecular flexibility index (Phi) is 3.98. The average Bonchev–Trinajstić information content (AvgIpc) is 2.87. The van der Waals surface area contributed by atoms with Crippen LogP contribution in [-0.2, 0) is 14.8 Å². The Hall–Kier alpha value is -2.87. The molecule has 0 aliphatic carbocycles. The van der Waals surface area contributed by atoms with E-state index in [1.807, 2.05) is 0 Å². The summed E-state index contributed by atoms with van der Waals surface area (Å²) >= 11 is 0. The summed E-state index contributed by atoms with van der Waals surface area (Å²) in [5.74, 6) is -0.109. The van der Waals surface area contributed by atoms with E-state index in [9.17, 15) is 13.2 Å². The normalized spacial score (nSPS) is 14.6. The molecule has 0 spiro atoms. The van der Waals surface area contributed by atoms with Gasteiger partial charge in [0.25, 0.3) is 15.9 Å². The molecular formula is C16H16N4O3S. The highest BCUT2D eigenvalue weighted by molar-refractivity contribution is 7.92. The lowest BCUT2D eigenvalue weighted by atomic mass is 10.2. The number of hydrogen-bond acceptors (Lipinski definition) is 5. The molecule has 0 unspecified atom stereocenters. The topological polar surface area (TPSA) is 105 Å². The summed E-state index contributed by atoms with van der Waals surface area (Å²) < 4.78 is 27.1. The second-order valence-electron chi connectivity index (χ2n) is 5.44. The molecule has 3 rings (SSSR count). The van der Waals surface area contributed by atoms with Gasteiger partial charge in [-0.15, -0.1) is 0 Å². The fourth-order valence-electron chi connectivity index (χ4n) is 2.29. The van der Waals surface area contributed by atoms with Gasteiger partial charge in [-0.1, -0.05) is 0 Å². The average molecular weight is 344 g/mol. The van der Waals surface area contributed by atoms with Crippen molar-refractivity contribution < 1.29 is 13.2 Å². The molecule has 3 N–H and O–H groups in total. The van der Waals surface area contributed by atoms with Gasteiger partial charge in [-0.25, -0.2) is 13.4 Å². The van der Waals surface area contributed by atoms with Crippen LogP contribution >= 0.6 is 0 Å². The van der Waals surface area contributed by atoms with Crippen molar-refractivity contribution in [1.29, 1.82) is 0 Å². The number of amides is 1. The zero-order valence-corrected chi connectivity index (χ0v) is 13.7. The monoisotopic (exact) mass is 344 g/mol. The molecule has 0 aromatic heterocycles. The predicted molar refractivity (Wildman–Crippen MR) is 93.3 cm³/mol. The largest absolute Gasteiger partial charge is 0.399 e. The first-order valence-corrected chi connectivity index (χ1v) is 8.69. The van der Waals surface area contributed by atoms with Gasteiger partial charge in [0.05, 0.1) is 17.0 Å². The van der Waals surface area contributed by atoms with E-state index in [0.717, 1.165) is 5.71 Å². The summed E-state index contributed by atoms with van der Waals surface area (Å²) in [6.07, 6.45) is 0.297. The second kappa shape index (κ2) is 5.97. The van der Waals surface area contributed by atoms with Crippen LogP contribution in [0, 0.1) is 0 Å². The Morgan fingerprint density at radius 2 is 1.71 bits per heavy atom. The summed E-state index contributed by atoms with van der Waals surface area (Å²) in [7, 11) is -3.70. The maximum atomic E-state index is 12.3. The van der Waals surface area contributed by atoms with Crippen molar-refractivity contribution >= 4 is 38.7 Å². The first-order valence-electron chi connectivity index (χ1n) is 7.21. The van der Waals surface area contributed by atoms with Crippen LogP contribution in [-0.4, -0.2) is 20.0 Å². The van der Waals surface area contributed by atoms with E-state index in [2.05, 4.69) is 9.82 Å². The molecule has 24 heavy (non-hydrogen) atoms. The van der Waals surface area contributed by atoms with Crippen molar-refractivity contribution in [2.75, 3.05) is 15.5 Å². The molecule has 0 fully saturated rings. The molecule has 0 saturated heterocycles. The minimum Gasteiger partial charge on any atom is -0.399 e. The summed E-state index contributed by atoms with van der Waals surface area (Å²) in [5, 5.41) is 5.46. The van der Waals surface area contributed by atoms with Crippen LogP contribution in [0.25, 0.3) is 0 Å². The molecule has 1 amide bonds. The zero-order chi connectivity index (χ0) is 17.3. The predicted octanol–water partition coefficient (Wildman–Crippen LogP) is 2.18. The van der Waals surface area contributed by atoms with E-state index in [1.165, 1.54) is 29.3 Å². The Labute approximate surface area is 139 Å². The lowest BCUT2D eigenvalue weighted by Gasteiger charge is -2.13. The van der Waals surface area contributed by atoms with E-state index in [4.69, 9.17) is 5.73 Å². The Balaban J connectivity index is 1.79. The second-order valence-corrected chi connectivity index (χ2v) is 7.12. The molecule has 2 aromatic carbocycles. The van der Waals surface area contributed by atoms with Gasteiger partial charge in [-0.05, 0) is 55.5 Å². The lowest BCUT2D eigenvalue weighted by Crippen LogP contribution is -2.19. The number of nitrogens with zero attached hydrogens (tertiary/aromatic N) is 2. The van der Waals surface area contributed by atoms with Crippen LogP contribution in [0.3, 0.4) is 0 Å². The maximum absolute atomic E-state index is 12.3. The number of nitrogens with two attached hydrogens (primary N) is 1. The van der Waals surface area contributed by atoms with E-state index >= 15 is 0 Å². The van der Waals surface area contributed by atoms with Crippen LogP contribution in [0.1, 0.15) is 13.3 Å². The van der Waals surface area contributed by atoms with Crippen molar-refractivity contribution in [2.24, 2.45) is 5.10 Å². The van der Waals surface area contributed by atoms with Gasteiger partial charge in [0.1, 0.15) is 0 Å². The molecule has 124 valence electrons. The number of hydrazone groups is 1. The smallest absolute Gasteiger partial charge is 0.261 e. The lowest BCUT2D eigenvalue weighted by molar-refractivity contribution is -0.116. The number of nitrogen functional groups attached to an aromatic ring is 1. The van der Waals surface area contributed by atoms with E-state index in [0.29, 0.717) is 23.5 Å². The van der Waals surface area contributed by atoms with Crippen molar-refractivity contribution in [3.8, 4) is 0 Å². The van der Waals surface area contributed by atoms with Crippen LogP contribution < -0.4 is 15.5 Å². The highest BCUT2D eigenvalue weighted by Gasteiger charge is 2.22. The maximum Gasteiger partial charge on any atom is 0.261 e. The Morgan fingerprint density at radius 3 is 2.25 bits per heavy atom. The highest BCUT2D eigenvalue weighted by atomic mass is 32.2. The van der Waals surface area contributed by atoms with Crippen molar-refractivity contribution in [1.82, 2.24) is 0 Å². The van der Waals surface area contributed by atoms with E-state index in [1.54, 1.807) is 31.2 Å². The number of carbonyl (C=O) groups is 1. The van der Waals surface area contributed by atoms with Crippen LogP contribution in [0.2, 0.25) is 0 Å². The van der Waals surface area contributed by atoms with Crippen LogP contribution in [0.15, 0.2) is 58.5 Å². The molecule has 0 bridgehead atoms. The van der Waals surface area contributed by atoms with Gasteiger partial charge >= 0.3 is 0 Å². The van der Waals surface area contributed by atoms with Crippen molar-refractivity contribution in [3.63, 3.8) is 0 Å². The molecule has 0 radical (unpaired) electrons. The van der Waals surface area contributed by atoms with E-state index < -0.39 is 10.0 Å². The fourth-order valence-corrected chi connectivity index (χ4v) is 3.35. The molecule has 0 saturated carbocycles. The van der Waals surface area contributed by atoms with Crippen LogP contribution in [0.5, 0.6) is 0 Å². The highest BCUT2D eigenvalue weighted by Crippen LogP contribution is 2.24. The molecule has 0 atom stereocenters. The van der Waals surface area contributed by atoms with Gasteiger partial charge in [-0.3, -0.25) is 9.52 Å². The molecular weight excluding hydrogens is 328 g/mol. The first-order chi connectivity index (χ1) is 11.3. The van der Waals surface area contributed by atoms with E-state index in [-0.39, 0.29) is 10.8 Å². The SMILES string of the molecule is CC1=NN(c2ccc(NS(=O)(=O)c3ccc(N)cc3)cc2)C(=O)C1. The van der Waals surface area contributed by atoms with Crippen LogP contribution in [0.4, 0.5) is 17.1 Å². The number of benzene rings is 2. The number of hydrogen-bond donors (Lipinski definition) is 2. The minimum atomic E-state index is -3.70. The van der Waals surface area contributed by atoms with Gasteiger partial charge < -0.3 is 5.73 Å². The van der Waals surface area contributed by atoms with Crippen molar-refractivity contribution in [2.45, 2.75) is 18.2 Å². The third-order valence-corrected chi connectivity index (χ3v) is 4.87. The number of sulfonamides is 1. The molecule has 7 nitrogen and oxygen atoms in total. The Morgan fingerprint density at radius 1 is 1.08 bits per heavy atom. The standard InChI is InChI=1S/C16H16N4O3S/c1-11-10-16(21)20(18-11)14-6-4-13(5-7-14)19-24(22,23)15-8-2-12(17)3-9-15/h2-9,19H,10,17H2,1H3. The number of carbonyl (C=O) groups excluding carboxylic acids is 1. The zero-order valence-electron chi connectivity index (χ0n) is 12.9. The van der Waals surface area contributed by atoms with Gasteiger partial charge in [0, 0.05) is 17.1 Å². The van der Waals surface area contributed by atoms with Gasteiger partial charge in [0.2, 0.25) is 0 Å². The quantitative estimate of drug-likeness (QED) is 0.829. The summed E-state index contributed by atoms with van der Waals surface area (Å²) in [6, 6.07) is 12.4. The minimum absolute atomic E-state index is 0.109. The molecule has 1 aliphatic heterocycles.